The van der Waals surface area contributed by atoms with E-state index in [1.54, 1.807) is 4.90 Å². The lowest BCUT2D eigenvalue weighted by Gasteiger charge is -2.32. The molecule has 1 aliphatic carbocycles. The molecular formula is C21H31ClN4O2. The summed E-state index contributed by atoms with van der Waals surface area (Å²) >= 11 is 6.18. The van der Waals surface area contributed by atoms with E-state index in [4.69, 9.17) is 21.3 Å². The fourth-order valence-electron chi connectivity index (χ4n) is 3.67. The van der Waals surface area contributed by atoms with E-state index in [1.807, 2.05) is 19.1 Å². The van der Waals surface area contributed by atoms with Gasteiger partial charge in [0, 0.05) is 36.1 Å². The maximum absolute atomic E-state index is 11.8. The Hall–Kier alpha value is -1.95. The van der Waals surface area contributed by atoms with Gasteiger partial charge in [-0.2, -0.15) is 0 Å². The van der Waals surface area contributed by atoms with Crippen molar-refractivity contribution in [1.82, 2.24) is 15.5 Å². The monoisotopic (exact) mass is 406 g/mol. The number of guanidine groups is 1. The molecule has 0 aromatic heterocycles. The van der Waals surface area contributed by atoms with Crippen molar-refractivity contribution in [2.24, 2.45) is 4.99 Å². The van der Waals surface area contributed by atoms with Gasteiger partial charge in [-0.3, -0.25) is 4.99 Å². The zero-order valence-electron chi connectivity index (χ0n) is 16.8. The largest absolute Gasteiger partial charge is 0.450 e. The van der Waals surface area contributed by atoms with Crippen LogP contribution >= 0.6 is 11.6 Å². The quantitative estimate of drug-likeness (QED) is 0.560. The fraction of sp³-hybridized carbons (Fsp3) is 0.619. The van der Waals surface area contributed by atoms with E-state index < -0.39 is 0 Å². The highest BCUT2D eigenvalue weighted by atomic mass is 35.5. The summed E-state index contributed by atoms with van der Waals surface area (Å²) in [5.41, 5.74) is 1.41. The number of hydrogen-bond acceptors (Lipinski definition) is 3. The molecule has 0 atom stereocenters. The van der Waals surface area contributed by atoms with E-state index in [2.05, 4.69) is 29.7 Å². The molecule has 1 saturated heterocycles. The molecule has 28 heavy (non-hydrogen) atoms. The summed E-state index contributed by atoms with van der Waals surface area (Å²) in [7, 11) is 0. The number of hydrogen-bond donors (Lipinski definition) is 2. The second-order valence-electron chi connectivity index (χ2n) is 7.59. The second kappa shape index (κ2) is 9.50. The maximum Gasteiger partial charge on any atom is 0.409 e. The van der Waals surface area contributed by atoms with E-state index in [1.165, 1.54) is 5.56 Å². The molecule has 0 unspecified atom stereocenters. The van der Waals surface area contributed by atoms with Gasteiger partial charge in [0.05, 0.1) is 13.2 Å². The van der Waals surface area contributed by atoms with Crippen LogP contribution in [-0.2, 0) is 10.2 Å². The molecule has 2 aliphatic rings. The van der Waals surface area contributed by atoms with Gasteiger partial charge in [0.1, 0.15) is 0 Å². The number of carbonyl (C=O) groups excluding carboxylic acids is 1. The summed E-state index contributed by atoms with van der Waals surface area (Å²) in [4.78, 5) is 18.5. The number of amides is 1. The molecule has 1 aromatic carbocycles. The molecule has 0 bridgehead atoms. The minimum atomic E-state index is -0.210. The van der Waals surface area contributed by atoms with Crippen molar-refractivity contribution in [3.05, 3.63) is 34.9 Å². The Morgan fingerprint density at radius 2 is 2.07 bits per heavy atom. The van der Waals surface area contributed by atoms with Gasteiger partial charge in [0.15, 0.2) is 5.96 Å². The van der Waals surface area contributed by atoms with Crippen LogP contribution in [0.5, 0.6) is 0 Å². The molecule has 1 aliphatic heterocycles. The molecule has 2 N–H and O–H groups in total. The molecule has 1 aromatic rings. The van der Waals surface area contributed by atoms with Gasteiger partial charge < -0.3 is 20.3 Å². The molecular weight excluding hydrogens is 376 g/mol. The summed E-state index contributed by atoms with van der Waals surface area (Å²) in [5.74, 6) is 0.852. The van der Waals surface area contributed by atoms with Gasteiger partial charge in [-0.25, -0.2) is 4.79 Å². The van der Waals surface area contributed by atoms with Crippen molar-refractivity contribution in [2.75, 3.05) is 32.8 Å². The van der Waals surface area contributed by atoms with Crippen LogP contribution < -0.4 is 10.6 Å². The molecule has 1 saturated carbocycles. The first kappa shape index (κ1) is 20.8. The summed E-state index contributed by atoms with van der Waals surface area (Å²) in [6.45, 7) is 7.32. The maximum atomic E-state index is 11.8. The Balaban J connectivity index is 1.56. The molecule has 0 spiro atoms. The fourth-order valence-corrected chi connectivity index (χ4v) is 3.86. The van der Waals surface area contributed by atoms with E-state index in [9.17, 15) is 4.79 Å². The summed E-state index contributed by atoms with van der Waals surface area (Å²) in [6, 6.07) is 8.46. The Labute approximate surface area is 172 Å². The van der Waals surface area contributed by atoms with Crippen molar-refractivity contribution in [1.29, 1.82) is 0 Å². The number of rotatable bonds is 6. The van der Waals surface area contributed by atoms with Crippen LogP contribution in [0.2, 0.25) is 5.02 Å². The third-order valence-electron chi connectivity index (χ3n) is 5.54. The van der Waals surface area contributed by atoms with Crippen molar-refractivity contribution < 1.29 is 9.53 Å². The van der Waals surface area contributed by atoms with Crippen LogP contribution in [-0.4, -0.2) is 55.8 Å². The first-order valence-corrected chi connectivity index (χ1v) is 10.7. The predicted octanol–water partition coefficient (Wildman–Crippen LogP) is 3.55. The normalized spacial score (nSPS) is 19.2. The second-order valence-corrected chi connectivity index (χ2v) is 8.03. The van der Waals surface area contributed by atoms with E-state index in [0.717, 1.165) is 49.8 Å². The average molecular weight is 407 g/mol. The Kier molecular flexibility index (Phi) is 7.05. The van der Waals surface area contributed by atoms with Crippen LogP contribution in [0.4, 0.5) is 4.79 Å². The van der Waals surface area contributed by atoms with Crippen LogP contribution in [0.3, 0.4) is 0 Å². The molecule has 6 nitrogen and oxygen atoms in total. The number of nitrogens with zero attached hydrogens (tertiary/aromatic N) is 2. The number of likely N-dealkylation sites (tertiary alicyclic amines) is 1. The number of nitrogens with one attached hydrogen (secondary N) is 2. The molecule has 154 valence electrons. The summed E-state index contributed by atoms with van der Waals surface area (Å²) in [6.07, 6.45) is 3.87. The third kappa shape index (κ3) is 5.31. The van der Waals surface area contributed by atoms with Gasteiger partial charge in [-0.15, -0.1) is 0 Å². The van der Waals surface area contributed by atoms with Crippen molar-refractivity contribution in [3.63, 3.8) is 0 Å². The van der Waals surface area contributed by atoms with E-state index >= 15 is 0 Å². The highest BCUT2D eigenvalue weighted by Crippen LogP contribution is 2.48. The van der Waals surface area contributed by atoms with Gasteiger partial charge in [-0.1, -0.05) is 23.7 Å². The molecule has 3 rings (SSSR count). The van der Waals surface area contributed by atoms with Crippen molar-refractivity contribution >= 4 is 23.7 Å². The van der Waals surface area contributed by atoms with Gasteiger partial charge in [0.25, 0.3) is 0 Å². The molecule has 7 heteroatoms. The van der Waals surface area contributed by atoms with Crippen molar-refractivity contribution in [2.45, 2.75) is 51.0 Å². The Morgan fingerprint density at radius 1 is 1.32 bits per heavy atom. The lowest BCUT2D eigenvalue weighted by atomic mass is 9.96. The topological polar surface area (TPSA) is 66.0 Å². The van der Waals surface area contributed by atoms with E-state index in [0.29, 0.717) is 25.7 Å². The minimum absolute atomic E-state index is 0.126. The smallest absolute Gasteiger partial charge is 0.409 e. The van der Waals surface area contributed by atoms with Gasteiger partial charge in [-0.05, 0) is 57.2 Å². The predicted molar refractivity (Wildman–Crippen MR) is 113 cm³/mol. The Morgan fingerprint density at radius 3 is 2.68 bits per heavy atom. The summed E-state index contributed by atoms with van der Waals surface area (Å²) < 4.78 is 5.09. The number of piperidine rings is 1. The number of benzene rings is 1. The standard InChI is InChI=1S/C21H31ClN4O2/c1-3-23-19(25-18-8-12-26(13-9-18)20(27)28-4-2)24-15-21(10-11-21)16-6-5-7-17(22)14-16/h5-7,14,18H,3-4,8-13,15H2,1-2H3,(H2,23,24,25). The van der Waals surface area contributed by atoms with Gasteiger partial charge >= 0.3 is 6.09 Å². The van der Waals surface area contributed by atoms with Crippen LogP contribution in [0.15, 0.2) is 29.3 Å². The number of ether oxygens (including phenoxy) is 1. The molecule has 1 heterocycles. The number of halogens is 1. The van der Waals surface area contributed by atoms with Gasteiger partial charge in [0.2, 0.25) is 0 Å². The zero-order valence-corrected chi connectivity index (χ0v) is 17.6. The van der Waals surface area contributed by atoms with Crippen LogP contribution in [0.1, 0.15) is 45.1 Å². The zero-order chi connectivity index (χ0) is 20.0. The Bertz CT molecular complexity index is 697. The average Bonchev–Trinajstić information content (AvgIpc) is 3.48. The third-order valence-corrected chi connectivity index (χ3v) is 5.77. The molecule has 1 amide bonds. The highest BCUT2D eigenvalue weighted by molar-refractivity contribution is 6.30. The highest BCUT2D eigenvalue weighted by Gasteiger charge is 2.44. The first-order valence-electron chi connectivity index (χ1n) is 10.3. The van der Waals surface area contributed by atoms with Crippen LogP contribution in [0.25, 0.3) is 0 Å². The number of carbonyl (C=O) groups is 1. The van der Waals surface area contributed by atoms with Crippen molar-refractivity contribution in [3.8, 4) is 0 Å². The molecule has 0 radical (unpaired) electrons. The van der Waals surface area contributed by atoms with Crippen LogP contribution in [0, 0.1) is 0 Å². The summed E-state index contributed by atoms with van der Waals surface area (Å²) in [5, 5.41) is 7.68. The number of aliphatic imine (C=N–C) groups is 1. The lowest BCUT2D eigenvalue weighted by molar-refractivity contribution is 0.0963. The molecule has 2 fully saturated rings. The SMILES string of the molecule is CCNC(=NCC1(c2cccc(Cl)c2)CC1)NC1CCN(C(=O)OCC)CC1. The minimum Gasteiger partial charge on any atom is -0.450 e. The first-order chi connectivity index (χ1) is 13.6. The van der Waals surface area contributed by atoms with E-state index in [-0.39, 0.29) is 11.5 Å². The lowest BCUT2D eigenvalue weighted by Crippen LogP contribution is -2.50.